The molecule has 2 aromatic rings. The van der Waals surface area contributed by atoms with Crippen LogP contribution in [0.1, 0.15) is 17.3 Å². The predicted octanol–water partition coefficient (Wildman–Crippen LogP) is 3.26. The fourth-order valence-corrected chi connectivity index (χ4v) is 1.90. The lowest BCUT2D eigenvalue weighted by molar-refractivity contribution is 0.585. The van der Waals surface area contributed by atoms with Gasteiger partial charge in [0.25, 0.3) is 0 Å². The van der Waals surface area contributed by atoms with E-state index in [2.05, 4.69) is 4.98 Å². The molecule has 0 saturated carbocycles. The Bertz CT molecular complexity index is 523. The van der Waals surface area contributed by atoms with Crippen molar-refractivity contribution in [3.05, 3.63) is 64.4 Å². The zero-order valence-electron chi connectivity index (χ0n) is 9.41. The molecular weight excluding hydrogens is 258 g/mol. The van der Waals surface area contributed by atoms with Gasteiger partial charge in [-0.25, -0.2) is 8.78 Å². The van der Waals surface area contributed by atoms with Gasteiger partial charge in [-0.05, 0) is 30.7 Å². The first-order valence-electron chi connectivity index (χ1n) is 5.38. The first-order chi connectivity index (χ1) is 8.58. The van der Waals surface area contributed by atoms with Gasteiger partial charge < -0.3 is 5.73 Å². The van der Waals surface area contributed by atoms with E-state index in [4.69, 9.17) is 17.3 Å². The number of hydrogen-bond acceptors (Lipinski definition) is 2. The highest BCUT2D eigenvalue weighted by Crippen LogP contribution is 2.23. The van der Waals surface area contributed by atoms with Gasteiger partial charge in [0.05, 0.1) is 17.9 Å². The summed E-state index contributed by atoms with van der Waals surface area (Å²) in [5.41, 5.74) is 6.75. The second kappa shape index (κ2) is 5.42. The Balaban J connectivity index is 2.21. The molecule has 0 fully saturated rings. The molecule has 5 heteroatoms. The molecule has 1 atom stereocenters. The highest BCUT2D eigenvalue weighted by molar-refractivity contribution is 6.31. The minimum atomic E-state index is -0.528. The maximum atomic E-state index is 13.6. The fraction of sp³-hybridized carbons (Fsp3) is 0.154. The molecule has 0 bridgehead atoms. The van der Waals surface area contributed by atoms with E-state index < -0.39 is 17.7 Å². The van der Waals surface area contributed by atoms with Crippen LogP contribution in [0.15, 0.2) is 36.5 Å². The van der Waals surface area contributed by atoms with Gasteiger partial charge in [-0.3, -0.25) is 4.98 Å². The van der Waals surface area contributed by atoms with Crippen LogP contribution in [-0.2, 0) is 6.42 Å². The molecule has 94 valence electrons. The summed E-state index contributed by atoms with van der Waals surface area (Å²) >= 11 is 5.91. The third-order valence-electron chi connectivity index (χ3n) is 2.62. The van der Waals surface area contributed by atoms with Gasteiger partial charge in [-0.15, -0.1) is 0 Å². The van der Waals surface area contributed by atoms with Crippen LogP contribution in [0.5, 0.6) is 0 Å². The van der Waals surface area contributed by atoms with E-state index in [1.807, 2.05) is 0 Å². The van der Waals surface area contributed by atoms with Crippen LogP contribution in [0, 0.1) is 11.6 Å². The molecule has 0 amide bonds. The molecule has 0 radical (unpaired) electrons. The third-order valence-corrected chi connectivity index (χ3v) is 2.97. The average molecular weight is 269 g/mol. The van der Waals surface area contributed by atoms with Crippen molar-refractivity contribution in [3.63, 3.8) is 0 Å². The van der Waals surface area contributed by atoms with Crippen LogP contribution in [0.3, 0.4) is 0 Å². The van der Waals surface area contributed by atoms with Crippen molar-refractivity contribution in [1.82, 2.24) is 4.98 Å². The summed E-state index contributed by atoms with van der Waals surface area (Å²) in [5, 5.41) is 0.326. The molecule has 1 aromatic carbocycles. The van der Waals surface area contributed by atoms with Crippen molar-refractivity contribution in [2.45, 2.75) is 12.5 Å². The monoisotopic (exact) mass is 268 g/mol. The fourth-order valence-electron chi connectivity index (χ4n) is 1.66. The Kier molecular flexibility index (Phi) is 3.89. The third kappa shape index (κ3) is 2.83. The molecule has 1 heterocycles. The summed E-state index contributed by atoms with van der Waals surface area (Å²) in [6.45, 7) is 0. The quantitative estimate of drug-likeness (QED) is 0.928. The van der Waals surface area contributed by atoms with Crippen molar-refractivity contribution in [1.29, 1.82) is 0 Å². The standard InChI is InChI=1S/C13H11ClF2N2/c14-10-2-1-3-11(16)9(10)6-12(17)13-5-4-8(15)7-18-13/h1-5,7,12H,6,17H2. The lowest BCUT2D eigenvalue weighted by atomic mass is 10.0. The van der Waals surface area contributed by atoms with Gasteiger partial charge in [0, 0.05) is 10.6 Å². The Hall–Kier alpha value is -1.52. The molecule has 2 rings (SSSR count). The topological polar surface area (TPSA) is 38.9 Å². The first kappa shape index (κ1) is 12.9. The molecule has 2 nitrogen and oxygen atoms in total. The van der Waals surface area contributed by atoms with Gasteiger partial charge in [-0.1, -0.05) is 17.7 Å². The summed E-state index contributed by atoms with van der Waals surface area (Å²) < 4.78 is 26.3. The molecule has 1 unspecified atom stereocenters. The molecule has 0 aliphatic carbocycles. The van der Waals surface area contributed by atoms with Gasteiger partial charge in [0.15, 0.2) is 0 Å². The van der Waals surface area contributed by atoms with Crippen LogP contribution >= 0.6 is 11.6 Å². The van der Waals surface area contributed by atoms with E-state index in [0.717, 1.165) is 6.20 Å². The van der Waals surface area contributed by atoms with Crippen LogP contribution < -0.4 is 5.73 Å². The smallest absolute Gasteiger partial charge is 0.141 e. The number of halogens is 3. The van der Waals surface area contributed by atoms with Crippen LogP contribution in [-0.4, -0.2) is 4.98 Å². The van der Waals surface area contributed by atoms with Crippen molar-refractivity contribution in [2.24, 2.45) is 5.73 Å². The van der Waals surface area contributed by atoms with Crippen molar-refractivity contribution >= 4 is 11.6 Å². The van der Waals surface area contributed by atoms with E-state index >= 15 is 0 Å². The van der Waals surface area contributed by atoms with Gasteiger partial charge in [0.1, 0.15) is 11.6 Å². The van der Waals surface area contributed by atoms with Crippen LogP contribution in [0.4, 0.5) is 8.78 Å². The van der Waals surface area contributed by atoms with E-state index in [9.17, 15) is 8.78 Å². The van der Waals surface area contributed by atoms with Crippen LogP contribution in [0.25, 0.3) is 0 Å². The lowest BCUT2D eigenvalue weighted by Gasteiger charge is -2.12. The minimum Gasteiger partial charge on any atom is -0.322 e. The molecule has 0 aliphatic rings. The molecule has 2 N–H and O–H groups in total. The summed E-state index contributed by atoms with van der Waals surface area (Å²) in [5.74, 6) is -0.838. The minimum absolute atomic E-state index is 0.212. The molecular formula is C13H11ClF2N2. The second-order valence-electron chi connectivity index (χ2n) is 3.91. The Morgan fingerprint density at radius 3 is 2.61 bits per heavy atom. The van der Waals surface area contributed by atoms with Gasteiger partial charge >= 0.3 is 0 Å². The van der Waals surface area contributed by atoms with Crippen molar-refractivity contribution in [2.75, 3.05) is 0 Å². The maximum Gasteiger partial charge on any atom is 0.141 e. The molecule has 18 heavy (non-hydrogen) atoms. The number of hydrogen-bond donors (Lipinski definition) is 1. The average Bonchev–Trinajstić information content (AvgIpc) is 2.34. The maximum absolute atomic E-state index is 13.6. The number of pyridine rings is 1. The molecule has 0 spiro atoms. The van der Waals surface area contributed by atoms with Crippen LogP contribution in [0.2, 0.25) is 5.02 Å². The van der Waals surface area contributed by atoms with E-state index in [-0.39, 0.29) is 6.42 Å². The SMILES string of the molecule is NC(Cc1c(F)cccc1Cl)c1ccc(F)cn1. The Morgan fingerprint density at radius 1 is 1.22 bits per heavy atom. The first-order valence-corrected chi connectivity index (χ1v) is 5.75. The number of benzene rings is 1. The van der Waals surface area contributed by atoms with E-state index in [1.54, 1.807) is 6.07 Å². The normalized spacial score (nSPS) is 12.4. The van der Waals surface area contributed by atoms with E-state index in [0.29, 0.717) is 16.3 Å². The number of aromatic nitrogens is 1. The molecule has 1 aromatic heterocycles. The number of nitrogens with zero attached hydrogens (tertiary/aromatic N) is 1. The zero-order chi connectivity index (χ0) is 13.1. The summed E-state index contributed by atoms with van der Waals surface area (Å²) in [6, 6.07) is 6.68. The Morgan fingerprint density at radius 2 is 2.00 bits per heavy atom. The van der Waals surface area contributed by atoms with Crippen molar-refractivity contribution < 1.29 is 8.78 Å². The lowest BCUT2D eigenvalue weighted by Crippen LogP contribution is -2.16. The summed E-state index contributed by atoms with van der Waals surface area (Å²) in [6.07, 6.45) is 1.29. The summed E-state index contributed by atoms with van der Waals surface area (Å²) in [4.78, 5) is 3.87. The number of nitrogens with two attached hydrogens (primary N) is 1. The molecule has 0 saturated heterocycles. The predicted molar refractivity (Wildman–Crippen MR) is 66.2 cm³/mol. The highest BCUT2D eigenvalue weighted by atomic mass is 35.5. The zero-order valence-corrected chi connectivity index (χ0v) is 10.2. The highest BCUT2D eigenvalue weighted by Gasteiger charge is 2.14. The van der Waals surface area contributed by atoms with E-state index in [1.165, 1.54) is 24.3 Å². The Labute approximate surface area is 108 Å². The van der Waals surface area contributed by atoms with Crippen molar-refractivity contribution in [3.8, 4) is 0 Å². The molecule has 0 aliphatic heterocycles. The van der Waals surface area contributed by atoms with Gasteiger partial charge in [0.2, 0.25) is 0 Å². The number of rotatable bonds is 3. The summed E-state index contributed by atoms with van der Waals surface area (Å²) in [7, 11) is 0. The second-order valence-corrected chi connectivity index (χ2v) is 4.32. The largest absolute Gasteiger partial charge is 0.322 e. The van der Waals surface area contributed by atoms with Gasteiger partial charge in [-0.2, -0.15) is 0 Å².